The minimum atomic E-state index is -0.664. The molecule has 0 bridgehead atoms. The monoisotopic (exact) mass is 270 g/mol. The Balaban J connectivity index is 1.94. The number of hydrogen-bond acceptors (Lipinski definition) is 3. The topological polar surface area (TPSA) is 46.5 Å². The Morgan fingerprint density at radius 3 is 2.25 bits per heavy atom. The van der Waals surface area contributed by atoms with Gasteiger partial charge in [-0.2, -0.15) is 0 Å². The van der Waals surface area contributed by atoms with E-state index in [9.17, 15) is 9.90 Å². The SMILES string of the molecule is CC(=O)c1ccc(OCC(O)c2ccc(C)cc2)cc1. The quantitative estimate of drug-likeness (QED) is 0.848. The molecule has 0 spiro atoms. The summed E-state index contributed by atoms with van der Waals surface area (Å²) in [4.78, 5) is 11.2. The van der Waals surface area contributed by atoms with E-state index in [1.807, 2.05) is 31.2 Å². The average Bonchev–Trinajstić information content (AvgIpc) is 2.46. The van der Waals surface area contributed by atoms with E-state index in [1.165, 1.54) is 6.92 Å². The molecule has 20 heavy (non-hydrogen) atoms. The number of aliphatic hydroxyl groups is 1. The first-order valence-corrected chi connectivity index (χ1v) is 6.54. The van der Waals surface area contributed by atoms with Gasteiger partial charge in [-0.05, 0) is 43.7 Å². The van der Waals surface area contributed by atoms with E-state index in [1.54, 1.807) is 24.3 Å². The molecule has 0 heterocycles. The van der Waals surface area contributed by atoms with Crippen LogP contribution in [0, 0.1) is 6.92 Å². The zero-order valence-corrected chi connectivity index (χ0v) is 11.7. The summed E-state index contributed by atoms with van der Waals surface area (Å²) in [6, 6.07) is 14.6. The number of hydrogen-bond donors (Lipinski definition) is 1. The van der Waals surface area contributed by atoms with Crippen LogP contribution in [0.5, 0.6) is 5.75 Å². The van der Waals surface area contributed by atoms with Gasteiger partial charge in [0.05, 0.1) is 0 Å². The average molecular weight is 270 g/mol. The second-order valence-corrected chi connectivity index (χ2v) is 4.82. The van der Waals surface area contributed by atoms with E-state index in [4.69, 9.17) is 4.74 Å². The van der Waals surface area contributed by atoms with E-state index >= 15 is 0 Å². The maximum absolute atomic E-state index is 11.2. The molecular weight excluding hydrogens is 252 g/mol. The Kier molecular flexibility index (Phi) is 4.53. The van der Waals surface area contributed by atoms with Crippen LogP contribution in [0.1, 0.15) is 34.5 Å². The maximum Gasteiger partial charge on any atom is 0.159 e. The molecule has 1 unspecified atom stereocenters. The lowest BCUT2D eigenvalue weighted by Gasteiger charge is -2.13. The highest BCUT2D eigenvalue weighted by Gasteiger charge is 2.08. The van der Waals surface area contributed by atoms with Crippen LogP contribution in [-0.2, 0) is 0 Å². The third kappa shape index (κ3) is 3.68. The molecule has 0 fully saturated rings. The van der Waals surface area contributed by atoms with Crippen LogP contribution in [0.25, 0.3) is 0 Å². The summed E-state index contributed by atoms with van der Waals surface area (Å²) in [5.41, 5.74) is 2.63. The first-order valence-electron chi connectivity index (χ1n) is 6.54. The number of ketones is 1. The predicted octanol–water partition coefficient (Wildman–Crippen LogP) is 3.31. The van der Waals surface area contributed by atoms with Gasteiger partial charge in [0.25, 0.3) is 0 Å². The molecule has 3 heteroatoms. The molecular formula is C17H18O3. The molecule has 2 rings (SSSR count). The van der Waals surface area contributed by atoms with Gasteiger partial charge in [-0.15, -0.1) is 0 Å². The number of aryl methyl sites for hydroxylation is 1. The summed E-state index contributed by atoms with van der Waals surface area (Å²) < 4.78 is 5.53. The normalized spacial score (nSPS) is 11.9. The van der Waals surface area contributed by atoms with Crippen molar-refractivity contribution in [1.82, 2.24) is 0 Å². The van der Waals surface area contributed by atoms with Gasteiger partial charge in [0.2, 0.25) is 0 Å². The van der Waals surface area contributed by atoms with Crippen molar-refractivity contribution in [1.29, 1.82) is 0 Å². The van der Waals surface area contributed by atoms with Gasteiger partial charge in [0.1, 0.15) is 18.5 Å². The fourth-order valence-corrected chi connectivity index (χ4v) is 1.85. The Hall–Kier alpha value is -2.13. The summed E-state index contributed by atoms with van der Waals surface area (Å²) >= 11 is 0. The molecule has 0 saturated heterocycles. The minimum absolute atomic E-state index is 0.0243. The number of Topliss-reactive ketones (excluding diaryl/α,β-unsaturated/α-hetero) is 1. The van der Waals surface area contributed by atoms with Gasteiger partial charge in [0.15, 0.2) is 5.78 Å². The molecule has 1 atom stereocenters. The zero-order valence-electron chi connectivity index (χ0n) is 11.7. The Morgan fingerprint density at radius 2 is 1.70 bits per heavy atom. The van der Waals surface area contributed by atoms with Gasteiger partial charge >= 0.3 is 0 Å². The van der Waals surface area contributed by atoms with Crippen molar-refractivity contribution in [3.63, 3.8) is 0 Å². The highest BCUT2D eigenvalue weighted by atomic mass is 16.5. The standard InChI is InChI=1S/C17H18O3/c1-12-3-5-15(6-4-12)17(19)11-20-16-9-7-14(8-10-16)13(2)18/h3-10,17,19H,11H2,1-2H3. The first kappa shape index (κ1) is 14.3. The third-order valence-corrected chi connectivity index (χ3v) is 3.13. The second-order valence-electron chi connectivity index (χ2n) is 4.82. The van der Waals surface area contributed by atoms with Crippen molar-refractivity contribution >= 4 is 5.78 Å². The molecule has 3 nitrogen and oxygen atoms in total. The van der Waals surface area contributed by atoms with Gasteiger partial charge in [-0.1, -0.05) is 29.8 Å². The van der Waals surface area contributed by atoms with Crippen LogP contribution >= 0.6 is 0 Å². The van der Waals surface area contributed by atoms with Crippen LogP contribution in [0.2, 0.25) is 0 Å². The largest absolute Gasteiger partial charge is 0.491 e. The molecule has 0 aliphatic carbocycles. The van der Waals surface area contributed by atoms with Gasteiger partial charge in [-0.3, -0.25) is 4.79 Å². The van der Waals surface area contributed by atoms with Crippen molar-refractivity contribution in [2.24, 2.45) is 0 Å². The van der Waals surface area contributed by atoms with Crippen LogP contribution in [0.15, 0.2) is 48.5 Å². The number of benzene rings is 2. The number of ether oxygens (including phenoxy) is 1. The minimum Gasteiger partial charge on any atom is -0.491 e. The van der Waals surface area contributed by atoms with Crippen molar-refractivity contribution in [2.75, 3.05) is 6.61 Å². The number of carbonyl (C=O) groups is 1. The highest BCUT2D eigenvalue weighted by molar-refractivity contribution is 5.94. The molecule has 0 radical (unpaired) electrons. The zero-order chi connectivity index (χ0) is 14.5. The molecule has 2 aromatic rings. The molecule has 0 aliphatic rings. The fourth-order valence-electron chi connectivity index (χ4n) is 1.85. The number of carbonyl (C=O) groups excluding carboxylic acids is 1. The van der Waals surface area contributed by atoms with Crippen LogP contribution in [0.4, 0.5) is 0 Å². The highest BCUT2D eigenvalue weighted by Crippen LogP contribution is 2.17. The summed E-state index contributed by atoms with van der Waals surface area (Å²) in [6.07, 6.45) is -0.664. The van der Waals surface area contributed by atoms with Crippen LogP contribution < -0.4 is 4.74 Å². The molecule has 0 aliphatic heterocycles. The number of aliphatic hydroxyl groups excluding tert-OH is 1. The number of rotatable bonds is 5. The summed E-state index contributed by atoms with van der Waals surface area (Å²) in [6.45, 7) is 3.71. The van der Waals surface area contributed by atoms with Crippen molar-refractivity contribution in [3.8, 4) is 5.75 Å². The van der Waals surface area contributed by atoms with Gasteiger partial charge < -0.3 is 9.84 Å². The van der Waals surface area contributed by atoms with Gasteiger partial charge in [0, 0.05) is 5.56 Å². The van der Waals surface area contributed by atoms with E-state index in [2.05, 4.69) is 0 Å². The molecule has 1 N–H and O–H groups in total. The van der Waals surface area contributed by atoms with Crippen LogP contribution in [-0.4, -0.2) is 17.5 Å². The van der Waals surface area contributed by atoms with E-state index in [0.717, 1.165) is 11.1 Å². The summed E-state index contributed by atoms with van der Waals surface area (Å²) in [5.74, 6) is 0.664. The third-order valence-electron chi connectivity index (χ3n) is 3.13. The lowest BCUT2D eigenvalue weighted by Crippen LogP contribution is -2.09. The van der Waals surface area contributed by atoms with Gasteiger partial charge in [-0.25, -0.2) is 0 Å². The molecule has 0 saturated carbocycles. The first-order chi connectivity index (χ1) is 9.56. The maximum atomic E-state index is 11.2. The second kappa shape index (κ2) is 6.35. The Labute approximate surface area is 118 Å². The molecule has 0 aromatic heterocycles. The molecule has 0 amide bonds. The molecule has 2 aromatic carbocycles. The summed E-state index contributed by atoms with van der Waals surface area (Å²) in [5, 5.41) is 10.0. The summed E-state index contributed by atoms with van der Waals surface area (Å²) in [7, 11) is 0. The predicted molar refractivity (Wildman–Crippen MR) is 78.1 cm³/mol. The smallest absolute Gasteiger partial charge is 0.159 e. The lowest BCUT2D eigenvalue weighted by atomic mass is 10.1. The van der Waals surface area contributed by atoms with E-state index < -0.39 is 6.10 Å². The van der Waals surface area contributed by atoms with E-state index in [-0.39, 0.29) is 12.4 Å². The van der Waals surface area contributed by atoms with E-state index in [0.29, 0.717) is 11.3 Å². The lowest BCUT2D eigenvalue weighted by molar-refractivity contribution is 0.101. The fraction of sp³-hybridized carbons (Fsp3) is 0.235. The molecule has 104 valence electrons. The Bertz CT molecular complexity index is 570. The van der Waals surface area contributed by atoms with Crippen LogP contribution in [0.3, 0.4) is 0 Å². The van der Waals surface area contributed by atoms with Crippen molar-refractivity contribution in [3.05, 3.63) is 65.2 Å². The van der Waals surface area contributed by atoms with Crippen molar-refractivity contribution < 1.29 is 14.6 Å². The van der Waals surface area contributed by atoms with Crippen molar-refractivity contribution in [2.45, 2.75) is 20.0 Å². The Morgan fingerprint density at radius 1 is 1.10 bits per heavy atom.